The van der Waals surface area contributed by atoms with Crippen LogP contribution in [0.1, 0.15) is 16.1 Å². The Morgan fingerprint density at radius 3 is 2.73 bits per heavy atom. The number of thiocarbonyl (C=S) groups is 1. The minimum absolute atomic E-state index is 0.131. The van der Waals surface area contributed by atoms with E-state index in [2.05, 4.69) is 10.2 Å². The molecule has 3 rings (SSSR count). The second-order valence-electron chi connectivity index (χ2n) is 5.65. The Hall–Kier alpha value is -2.27. The van der Waals surface area contributed by atoms with Gasteiger partial charge in [-0.25, -0.2) is 9.69 Å². The van der Waals surface area contributed by atoms with Crippen molar-refractivity contribution in [2.45, 2.75) is 19.3 Å². The van der Waals surface area contributed by atoms with Crippen molar-refractivity contribution in [1.29, 1.82) is 0 Å². The first-order valence-corrected chi connectivity index (χ1v) is 8.62. The fourth-order valence-electron chi connectivity index (χ4n) is 2.39. The summed E-state index contributed by atoms with van der Waals surface area (Å²) in [4.78, 5) is 14.7. The summed E-state index contributed by atoms with van der Waals surface area (Å²) in [6, 6.07) is 6.74. The zero-order chi connectivity index (χ0) is 19.1. The van der Waals surface area contributed by atoms with Crippen LogP contribution in [0.15, 0.2) is 24.3 Å². The standard InChI is InChI=1S/C15H13F3N4O2S2/c1-8-4-3-5-9(6-8)11(25)24-10-7-21(2)14(23)22(10)13-20-19-12(26-13)15(16,17)18/h3-6,10H,7H2,1-2H3. The molecular weight excluding hydrogens is 389 g/mol. The Bertz CT molecular complexity index is 855. The smallest absolute Gasteiger partial charge is 0.445 e. The third kappa shape index (κ3) is 3.63. The summed E-state index contributed by atoms with van der Waals surface area (Å²) in [7, 11) is 1.51. The molecule has 138 valence electrons. The number of nitrogens with zero attached hydrogens (tertiary/aromatic N) is 4. The molecule has 0 N–H and O–H groups in total. The van der Waals surface area contributed by atoms with Gasteiger partial charge in [-0.15, -0.1) is 10.2 Å². The number of aryl methyl sites for hydroxylation is 1. The fourth-order valence-corrected chi connectivity index (χ4v) is 3.37. The molecule has 0 bridgehead atoms. The van der Waals surface area contributed by atoms with Gasteiger partial charge >= 0.3 is 12.2 Å². The van der Waals surface area contributed by atoms with Crippen molar-refractivity contribution in [2.75, 3.05) is 18.5 Å². The Kier molecular flexibility index (Phi) is 4.84. The topological polar surface area (TPSA) is 58.6 Å². The number of carbonyl (C=O) groups excluding carboxylic acids is 1. The van der Waals surface area contributed by atoms with E-state index in [0.29, 0.717) is 5.56 Å². The summed E-state index contributed by atoms with van der Waals surface area (Å²) in [5, 5.41) is 5.44. The normalized spacial score (nSPS) is 17.7. The minimum Gasteiger partial charge on any atom is -0.457 e. The number of benzene rings is 1. The fraction of sp³-hybridized carbons (Fsp3) is 0.333. The molecule has 1 fully saturated rings. The molecule has 6 nitrogen and oxygen atoms in total. The number of aromatic nitrogens is 2. The Morgan fingerprint density at radius 1 is 1.38 bits per heavy atom. The summed E-state index contributed by atoms with van der Waals surface area (Å²) in [6.45, 7) is 2.02. The van der Waals surface area contributed by atoms with E-state index in [-0.39, 0.29) is 28.1 Å². The van der Waals surface area contributed by atoms with Gasteiger partial charge in [0.15, 0.2) is 5.05 Å². The van der Waals surface area contributed by atoms with Crippen molar-refractivity contribution in [3.8, 4) is 0 Å². The maximum Gasteiger partial charge on any atom is 0.445 e. The maximum atomic E-state index is 12.8. The van der Waals surface area contributed by atoms with Crippen LogP contribution in [0.25, 0.3) is 0 Å². The summed E-state index contributed by atoms with van der Waals surface area (Å²) >= 11 is 5.55. The predicted octanol–water partition coefficient (Wildman–Crippen LogP) is 3.46. The third-order valence-electron chi connectivity index (χ3n) is 3.61. The van der Waals surface area contributed by atoms with Crippen LogP contribution in [0, 0.1) is 6.92 Å². The quantitative estimate of drug-likeness (QED) is 0.736. The van der Waals surface area contributed by atoms with Crippen molar-refractivity contribution in [3.05, 3.63) is 40.4 Å². The van der Waals surface area contributed by atoms with Crippen LogP contribution in [0.3, 0.4) is 0 Å². The summed E-state index contributed by atoms with van der Waals surface area (Å²) in [5.41, 5.74) is 1.62. The molecule has 1 aliphatic rings. The second-order valence-corrected chi connectivity index (χ2v) is 6.98. The summed E-state index contributed by atoms with van der Waals surface area (Å²) < 4.78 is 44.0. The van der Waals surface area contributed by atoms with Crippen LogP contribution in [-0.4, -0.2) is 46.0 Å². The van der Waals surface area contributed by atoms with Crippen molar-refractivity contribution >= 4 is 39.8 Å². The number of alkyl halides is 3. The number of rotatable bonds is 3. The van der Waals surface area contributed by atoms with Crippen LogP contribution < -0.4 is 4.90 Å². The molecule has 11 heteroatoms. The first-order chi connectivity index (χ1) is 12.2. The van der Waals surface area contributed by atoms with Gasteiger partial charge in [0.2, 0.25) is 16.4 Å². The van der Waals surface area contributed by atoms with E-state index < -0.39 is 23.4 Å². The molecule has 0 saturated carbocycles. The van der Waals surface area contributed by atoms with Gasteiger partial charge in [-0.1, -0.05) is 35.1 Å². The van der Waals surface area contributed by atoms with E-state index in [4.69, 9.17) is 17.0 Å². The molecule has 0 radical (unpaired) electrons. The van der Waals surface area contributed by atoms with E-state index in [9.17, 15) is 18.0 Å². The first-order valence-electron chi connectivity index (χ1n) is 7.39. The van der Waals surface area contributed by atoms with Gasteiger partial charge in [0.1, 0.15) is 0 Å². The molecule has 1 saturated heterocycles. The molecule has 0 aliphatic carbocycles. The van der Waals surface area contributed by atoms with Crippen molar-refractivity contribution in [2.24, 2.45) is 0 Å². The zero-order valence-electron chi connectivity index (χ0n) is 13.6. The van der Waals surface area contributed by atoms with Gasteiger partial charge < -0.3 is 9.64 Å². The molecule has 2 heterocycles. The monoisotopic (exact) mass is 402 g/mol. The number of hydrogen-bond acceptors (Lipinski definition) is 6. The lowest BCUT2D eigenvalue weighted by Crippen LogP contribution is -2.37. The molecule has 1 aromatic carbocycles. The van der Waals surface area contributed by atoms with Gasteiger partial charge in [0.25, 0.3) is 0 Å². The van der Waals surface area contributed by atoms with E-state index >= 15 is 0 Å². The molecule has 0 spiro atoms. The highest BCUT2D eigenvalue weighted by Crippen LogP contribution is 2.36. The van der Waals surface area contributed by atoms with Crippen LogP contribution in [0.4, 0.5) is 23.1 Å². The van der Waals surface area contributed by atoms with Gasteiger partial charge in [-0.05, 0) is 25.2 Å². The van der Waals surface area contributed by atoms with E-state index in [1.807, 2.05) is 25.1 Å². The number of anilines is 1. The van der Waals surface area contributed by atoms with Crippen LogP contribution in [0.2, 0.25) is 0 Å². The SMILES string of the molecule is Cc1cccc(C(=S)OC2CN(C)C(=O)N2c2nnc(C(F)(F)F)s2)c1. The average molecular weight is 402 g/mol. The number of ether oxygens (including phenoxy) is 1. The lowest BCUT2D eigenvalue weighted by Gasteiger charge is -2.21. The Morgan fingerprint density at radius 2 is 2.12 bits per heavy atom. The van der Waals surface area contributed by atoms with Crippen molar-refractivity contribution < 1.29 is 22.7 Å². The van der Waals surface area contributed by atoms with Crippen molar-refractivity contribution in [3.63, 3.8) is 0 Å². The van der Waals surface area contributed by atoms with Gasteiger partial charge in [-0.2, -0.15) is 13.2 Å². The molecule has 26 heavy (non-hydrogen) atoms. The Balaban J connectivity index is 1.84. The van der Waals surface area contributed by atoms with Gasteiger partial charge in [0.05, 0.1) is 6.54 Å². The van der Waals surface area contributed by atoms with Gasteiger partial charge in [0, 0.05) is 12.6 Å². The van der Waals surface area contributed by atoms with E-state index in [1.54, 1.807) is 6.07 Å². The van der Waals surface area contributed by atoms with Crippen LogP contribution in [0.5, 0.6) is 0 Å². The lowest BCUT2D eigenvalue weighted by molar-refractivity contribution is -0.138. The highest BCUT2D eigenvalue weighted by molar-refractivity contribution is 7.80. The second kappa shape index (κ2) is 6.80. The van der Waals surface area contributed by atoms with Crippen LogP contribution >= 0.6 is 23.6 Å². The van der Waals surface area contributed by atoms with Crippen LogP contribution in [-0.2, 0) is 10.9 Å². The van der Waals surface area contributed by atoms with Gasteiger partial charge in [-0.3, -0.25) is 0 Å². The van der Waals surface area contributed by atoms with E-state index in [0.717, 1.165) is 10.5 Å². The number of hydrogen-bond donors (Lipinski definition) is 0. The summed E-state index contributed by atoms with van der Waals surface area (Å²) in [6.07, 6.45) is -5.52. The highest BCUT2D eigenvalue weighted by atomic mass is 32.1. The molecule has 1 aliphatic heterocycles. The number of carbonyl (C=O) groups is 1. The lowest BCUT2D eigenvalue weighted by atomic mass is 10.1. The first kappa shape index (κ1) is 18.5. The molecule has 2 aromatic rings. The Labute approximate surface area is 156 Å². The number of likely N-dealkylation sites (N-methyl/N-ethyl adjacent to an activating group) is 1. The third-order valence-corrected chi connectivity index (χ3v) is 4.91. The molecule has 1 unspecified atom stereocenters. The highest BCUT2D eigenvalue weighted by Gasteiger charge is 2.43. The zero-order valence-corrected chi connectivity index (χ0v) is 15.3. The minimum atomic E-state index is -4.63. The summed E-state index contributed by atoms with van der Waals surface area (Å²) in [5.74, 6) is 0. The predicted molar refractivity (Wildman–Crippen MR) is 93.2 cm³/mol. The number of amides is 2. The number of urea groups is 1. The molecule has 1 aromatic heterocycles. The van der Waals surface area contributed by atoms with Crippen molar-refractivity contribution in [1.82, 2.24) is 15.1 Å². The average Bonchev–Trinajstić information content (AvgIpc) is 3.13. The molecule has 1 atom stereocenters. The maximum absolute atomic E-state index is 12.8. The number of halogens is 3. The molecular formula is C15H13F3N4O2S2. The van der Waals surface area contributed by atoms with E-state index in [1.165, 1.54) is 11.9 Å². The molecule has 2 amide bonds. The largest absolute Gasteiger partial charge is 0.457 e.